The van der Waals surface area contributed by atoms with Crippen molar-refractivity contribution in [1.82, 2.24) is 0 Å². The van der Waals surface area contributed by atoms with E-state index >= 15 is 0 Å². The van der Waals surface area contributed by atoms with E-state index in [-0.39, 0.29) is 0 Å². The summed E-state index contributed by atoms with van der Waals surface area (Å²) >= 11 is 0. The molecule has 0 aromatic heterocycles. The third kappa shape index (κ3) is 2.76. The summed E-state index contributed by atoms with van der Waals surface area (Å²) in [5, 5.41) is 0. The SMILES string of the molecule is [CH2]CCOCC(CC)C1CCO1. The lowest BCUT2D eigenvalue weighted by molar-refractivity contribution is -0.102. The molecule has 0 aliphatic carbocycles. The van der Waals surface area contributed by atoms with E-state index in [1.165, 1.54) is 6.42 Å². The first-order valence-electron chi connectivity index (χ1n) is 4.87. The molecule has 0 N–H and O–H groups in total. The summed E-state index contributed by atoms with van der Waals surface area (Å²) in [5.74, 6) is 0.602. The van der Waals surface area contributed by atoms with E-state index in [9.17, 15) is 0 Å². The molecular weight excluding hydrogens is 152 g/mol. The summed E-state index contributed by atoms with van der Waals surface area (Å²) in [4.78, 5) is 0. The van der Waals surface area contributed by atoms with Gasteiger partial charge in [0.15, 0.2) is 0 Å². The van der Waals surface area contributed by atoms with Crippen LogP contribution in [0.5, 0.6) is 0 Å². The quantitative estimate of drug-likeness (QED) is 0.569. The van der Waals surface area contributed by atoms with E-state index in [1.807, 2.05) is 0 Å². The minimum atomic E-state index is 0.472. The zero-order chi connectivity index (χ0) is 8.81. The lowest BCUT2D eigenvalue weighted by Crippen LogP contribution is -2.36. The van der Waals surface area contributed by atoms with E-state index in [4.69, 9.17) is 9.47 Å². The van der Waals surface area contributed by atoms with E-state index in [0.29, 0.717) is 12.0 Å². The standard InChI is InChI=1S/C10H19O2/c1-3-6-11-8-9(4-2)10-5-7-12-10/h9-10H,1,3-8H2,2H3. The molecule has 2 heteroatoms. The minimum absolute atomic E-state index is 0.472. The van der Waals surface area contributed by atoms with Crippen molar-refractivity contribution in [2.45, 2.75) is 32.3 Å². The Morgan fingerprint density at radius 3 is 2.83 bits per heavy atom. The molecule has 2 atom stereocenters. The van der Waals surface area contributed by atoms with Gasteiger partial charge in [-0.3, -0.25) is 0 Å². The number of hydrogen-bond donors (Lipinski definition) is 0. The predicted octanol–water partition coefficient (Wildman–Crippen LogP) is 2.04. The zero-order valence-electron chi connectivity index (χ0n) is 7.92. The van der Waals surface area contributed by atoms with E-state index in [1.54, 1.807) is 0 Å². The average Bonchev–Trinajstić information content (AvgIpc) is 1.99. The first-order valence-corrected chi connectivity index (χ1v) is 4.87. The van der Waals surface area contributed by atoms with Crippen molar-refractivity contribution in [1.29, 1.82) is 0 Å². The monoisotopic (exact) mass is 171 g/mol. The molecule has 1 heterocycles. The van der Waals surface area contributed by atoms with Crippen LogP contribution in [0.25, 0.3) is 0 Å². The first kappa shape index (κ1) is 10.0. The van der Waals surface area contributed by atoms with E-state index < -0.39 is 0 Å². The third-order valence-corrected chi connectivity index (χ3v) is 2.41. The van der Waals surface area contributed by atoms with Crippen LogP contribution in [0.2, 0.25) is 0 Å². The maximum Gasteiger partial charge on any atom is 0.0647 e. The fraction of sp³-hybridized carbons (Fsp3) is 0.900. The molecule has 0 aromatic carbocycles. The average molecular weight is 171 g/mol. The molecular formula is C10H19O2. The molecule has 0 bridgehead atoms. The van der Waals surface area contributed by atoms with E-state index in [2.05, 4.69) is 13.8 Å². The van der Waals surface area contributed by atoms with Gasteiger partial charge in [-0.2, -0.15) is 0 Å². The van der Waals surface area contributed by atoms with Crippen molar-refractivity contribution in [2.75, 3.05) is 19.8 Å². The van der Waals surface area contributed by atoms with E-state index in [0.717, 1.165) is 32.7 Å². The molecule has 1 aliphatic heterocycles. The van der Waals surface area contributed by atoms with Gasteiger partial charge in [0, 0.05) is 19.1 Å². The second kappa shape index (κ2) is 5.55. The molecule has 2 nitrogen and oxygen atoms in total. The molecule has 12 heavy (non-hydrogen) atoms. The van der Waals surface area contributed by atoms with Gasteiger partial charge in [0.05, 0.1) is 12.7 Å². The molecule has 0 amide bonds. The van der Waals surface area contributed by atoms with Gasteiger partial charge in [-0.1, -0.05) is 13.8 Å². The highest BCUT2D eigenvalue weighted by Gasteiger charge is 2.26. The van der Waals surface area contributed by atoms with Crippen molar-refractivity contribution in [3.8, 4) is 0 Å². The number of rotatable bonds is 6. The molecule has 0 saturated carbocycles. The predicted molar refractivity (Wildman–Crippen MR) is 48.9 cm³/mol. The van der Waals surface area contributed by atoms with Crippen LogP contribution in [0.1, 0.15) is 26.2 Å². The molecule has 1 aliphatic rings. The molecule has 1 fully saturated rings. The zero-order valence-corrected chi connectivity index (χ0v) is 7.92. The van der Waals surface area contributed by atoms with Crippen LogP contribution < -0.4 is 0 Å². The Kier molecular flexibility index (Phi) is 4.62. The normalized spacial score (nSPS) is 25.0. The Labute approximate surface area is 75.2 Å². The van der Waals surface area contributed by atoms with Crippen molar-refractivity contribution < 1.29 is 9.47 Å². The summed E-state index contributed by atoms with van der Waals surface area (Å²) in [6, 6.07) is 0. The highest BCUT2D eigenvalue weighted by molar-refractivity contribution is 4.74. The number of hydrogen-bond acceptors (Lipinski definition) is 2. The maximum absolute atomic E-state index is 5.45. The van der Waals surface area contributed by atoms with Crippen molar-refractivity contribution >= 4 is 0 Å². The Hall–Kier alpha value is -0.0800. The fourth-order valence-corrected chi connectivity index (χ4v) is 1.45. The van der Waals surface area contributed by atoms with Crippen LogP contribution in [-0.2, 0) is 9.47 Å². The van der Waals surface area contributed by atoms with Crippen LogP contribution in [0.3, 0.4) is 0 Å². The summed E-state index contributed by atoms with van der Waals surface area (Å²) in [5.41, 5.74) is 0. The van der Waals surface area contributed by atoms with Gasteiger partial charge in [-0.25, -0.2) is 0 Å². The van der Waals surface area contributed by atoms with Gasteiger partial charge < -0.3 is 9.47 Å². The van der Waals surface area contributed by atoms with Gasteiger partial charge in [-0.15, -0.1) is 0 Å². The van der Waals surface area contributed by atoms with Crippen LogP contribution in [-0.4, -0.2) is 25.9 Å². The van der Waals surface area contributed by atoms with Crippen LogP contribution in [0.4, 0.5) is 0 Å². The second-order valence-corrected chi connectivity index (χ2v) is 3.29. The smallest absolute Gasteiger partial charge is 0.0647 e. The summed E-state index contributed by atoms with van der Waals surface area (Å²) in [6.07, 6.45) is 3.70. The van der Waals surface area contributed by atoms with Crippen molar-refractivity contribution in [3.63, 3.8) is 0 Å². The largest absolute Gasteiger partial charge is 0.381 e. The summed E-state index contributed by atoms with van der Waals surface area (Å²) in [7, 11) is 0. The van der Waals surface area contributed by atoms with Gasteiger partial charge in [-0.05, 0) is 19.3 Å². The van der Waals surface area contributed by atoms with Crippen LogP contribution in [0.15, 0.2) is 0 Å². The van der Waals surface area contributed by atoms with Gasteiger partial charge in [0.1, 0.15) is 0 Å². The highest BCUT2D eigenvalue weighted by atomic mass is 16.5. The maximum atomic E-state index is 5.45. The topological polar surface area (TPSA) is 18.5 Å². The molecule has 0 aromatic rings. The van der Waals surface area contributed by atoms with Gasteiger partial charge >= 0.3 is 0 Å². The fourth-order valence-electron chi connectivity index (χ4n) is 1.45. The van der Waals surface area contributed by atoms with Gasteiger partial charge in [0.2, 0.25) is 0 Å². The molecule has 2 unspecified atom stereocenters. The summed E-state index contributed by atoms with van der Waals surface area (Å²) in [6.45, 7) is 8.49. The molecule has 0 spiro atoms. The molecule has 1 saturated heterocycles. The lowest BCUT2D eigenvalue weighted by atomic mass is 9.95. The van der Waals surface area contributed by atoms with Crippen molar-refractivity contribution in [2.24, 2.45) is 5.92 Å². The minimum Gasteiger partial charge on any atom is -0.381 e. The van der Waals surface area contributed by atoms with Crippen molar-refractivity contribution in [3.05, 3.63) is 6.92 Å². The molecule has 71 valence electrons. The molecule has 1 rings (SSSR count). The van der Waals surface area contributed by atoms with Crippen LogP contribution >= 0.6 is 0 Å². The Bertz CT molecular complexity index is 110. The highest BCUT2D eigenvalue weighted by Crippen LogP contribution is 2.23. The third-order valence-electron chi connectivity index (χ3n) is 2.41. The van der Waals surface area contributed by atoms with Crippen LogP contribution in [0, 0.1) is 12.8 Å². The molecule has 1 radical (unpaired) electrons. The number of ether oxygens (including phenoxy) is 2. The summed E-state index contributed by atoms with van der Waals surface area (Å²) < 4.78 is 10.9. The Morgan fingerprint density at radius 1 is 1.67 bits per heavy atom. The Balaban J connectivity index is 2.07. The van der Waals surface area contributed by atoms with Gasteiger partial charge in [0.25, 0.3) is 0 Å². The second-order valence-electron chi connectivity index (χ2n) is 3.29. The lowest BCUT2D eigenvalue weighted by Gasteiger charge is -2.33. The Morgan fingerprint density at radius 2 is 2.42 bits per heavy atom. The first-order chi connectivity index (χ1) is 5.88.